The van der Waals surface area contributed by atoms with Crippen molar-refractivity contribution >= 4 is 0 Å². The zero-order valence-electron chi connectivity index (χ0n) is 10.2. The number of hydrogen-bond acceptors (Lipinski definition) is 3. The number of rotatable bonds is 4. The van der Waals surface area contributed by atoms with E-state index in [1.165, 1.54) is 24.5 Å². The molecule has 0 amide bonds. The van der Waals surface area contributed by atoms with Crippen LogP contribution in [0.25, 0.3) is 11.5 Å². The van der Waals surface area contributed by atoms with E-state index in [1.54, 1.807) is 0 Å². The van der Waals surface area contributed by atoms with E-state index >= 15 is 0 Å². The Morgan fingerprint density at radius 2 is 1.94 bits per heavy atom. The Morgan fingerprint density at radius 1 is 1.28 bits per heavy atom. The molecule has 0 spiro atoms. The van der Waals surface area contributed by atoms with Crippen LogP contribution in [0.3, 0.4) is 0 Å². The van der Waals surface area contributed by atoms with Crippen LogP contribution < -0.4 is 5.32 Å². The van der Waals surface area contributed by atoms with Crippen LogP contribution in [0.2, 0.25) is 0 Å². The standard InChI is InChI=1S/C13H14F2N2O/c1-8(2)16-6-9-7-18-13(17-9)12-10(14)4-3-5-11(12)15/h3-5,7-8,16H,6H2,1-2H3. The van der Waals surface area contributed by atoms with Gasteiger partial charge in [-0.1, -0.05) is 19.9 Å². The molecule has 0 radical (unpaired) electrons. The van der Waals surface area contributed by atoms with Crippen molar-refractivity contribution in [2.45, 2.75) is 26.4 Å². The van der Waals surface area contributed by atoms with Crippen molar-refractivity contribution in [2.75, 3.05) is 0 Å². The van der Waals surface area contributed by atoms with Gasteiger partial charge in [0.1, 0.15) is 23.5 Å². The van der Waals surface area contributed by atoms with E-state index in [4.69, 9.17) is 4.42 Å². The molecule has 1 heterocycles. The molecule has 0 saturated heterocycles. The van der Waals surface area contributed by atoms with Gasteiger partial charge in [0.2, 0.25) is 5.89 Å². The van der Waals surface area contributed by atoms with E-state index in [0.29, 0.717) is 18.3 Å². The van der Waals surface area contributed by atoms with Crippen molar-refractivity contribution in [2.24, 2.45) is 0 Å². The number of halogens is 2. The largest absolute Gasteiger partial charge is 0.444 e. The number of aromatic nitrogens is 1. The fourth-order valence-electron chi connectivity index (χ4n) is 1.51. The third-order valence-electron chi connectivity index (χ3n) is 2.42. The van der Waals surface area contributed by atoms with Crippen molar-refractivity contribution < 1.29 is 13.2 Å². The summed E-state index contributed by atoms with van der Waals surface area (Å²) in [6.07, 6.45) is 1.40. The van der Waals surface area contributed by atoms with E-state index in [2.05, 4.69) is 10.3 Å². The van der Waals surface area contributed by atoms with Gasteiger partial charge in [0.15, 0.2) is 0 Å². The minimum Gasteiger partial charge on any atom is -0.444 e. The zero-order chi connectivity index (χ0) is 13.1. The molecule has 0 aliphatic rings. The van der Waals surface area contributed by atoms with Crippen LogP contribution in [0.5, 0.6) is 0 Å². The minimum absolute atomic E-state index is 0.0360. The maximum atomic E-state index is 13.5. The molecule has 0 unspecified atom stereocenters. The average Bonchev–Trinajstić information content (AvgIpc) is 2.75. The van der Waals surface area contributed by atoms with Crippen LogP contribution >= 0.6 is 0 Å². The van der Waals surface area contributed by atoms with Gasteiger partial charge in [0, 0.05) is 12.6 Å². The molecule has 0 aliphatic heterocycles. The van der Waals surface area contributed by atoms with Crippen molar-refractivity contribution in [3.63, 3.8) is 0 Å². The lowest BCUT2D eigenvalue weighted by Crippen LogP contribution is -2.21. The average molecular weight is 252 g/mol. The fraction of sp³-hybridized carbons (Fsp3) is 0.308. The Morgan fingerprint density at radius 3 is 2.56 bits per heavy atom. The summed E-state index contributed by atoms with van der Waals surface area (Å²) in [4.78, 5) is 4.06. The molecule has 2 rings (SSSR count). The van der Waals surface area contributed by atoms with E-state index in [0.717, 1.165) is 0 Å². The van der Waals surface area contributed by atoms with E-state index in [-0.39, 0.29) is 11.5 Å². The lowest BCUT2D eigenvalue weighted by Gasteiger charge is -2.04. The molecule has 96 valence electrons. The molecule has 0 atom stereocenters. The first-order valence-electron chi connectivity index (χ1n) is 5.70. The summed E-state index contributed by atoms with van der Waals surface area (Å²) in [5, 5.41) is 3.15. The summed E-state index contributed by atoms with van der Waals surface area (Å²) in [5.41, 5.74) is 0.384. The number of nitrogens with one attached hydrogen (secondary N) is 1. The Balaban J connectivity index is 2.24. The van der Waals surface area contributed by atoms with Crippen LogP contribution in [-0.2, 0) is 6.54 Å². The molecular weight excluding hydrogens is 238 g/mol. The Hall–Kier alpha value is -1.75. The van der Waals surface area contributed by atoms with Gasteiger partial charge in [-0.2, -0.15) is 0 Å². The van der Waals surface area contributed by atoms with Crippen molar-refractivity contribution in [1.29, 1.82) is 0 Å². The Labute approximate surface area is 104 Å². The quantitative estimate of drug-likeness (QED) is 0.908. The molecule has 0 fully saturated rings. The smallest absolute Gasteiger partial charge is 0.232 e. The molecule has 0 saturated carbocycles. The Kier molecular flexibility index (Phi) is 3.72. The number of hydrogen-bond donors (Lipinski definition) is 1. The third kappa shape index (κ3) is 2.73. The Bertz CT molecular complexity index is 517. The summed E-state index contributed by atoms with van der Waals surface area (Å²) in [7, 11) is 0. The van der Waals surface area contributed by atoms with Gasteiger partial charge in [-0.15, -0.1) is 0 Å². The SMILES string of the molecule is CC(C)NCc1coc(-c2c(F)cccc2F)n1. The maximum Gasteiger partial charge on any atom is 0.232 e. The van der Waals surface area contributed by atoms with Gasteiger partial charge in [-0.05, 0) is 12.1 Å². The molecule has 1 N–H and O–H groups in total. The molecule has 0 bridgehead atoms. The van der Waals surface area contributed by atoms with Crippen molar-refractivity contribution in [3.8, 4) is 11.5 Å². The van der Waals surface area contributed by atoms with Gasteiger partial charge in [-0.3, -0.25) is 0 Å². The highest BCUT2D eigenvalue weighted by atomic mass is 19.1. The molecule has 5 heteroatoms. The van der Waals surface area contributed by atoms with Gasteiger partial charge in [0.05, 0.1) is 5.69 Å². The second kappa shape index (κ2) is 5.27. The van der Waals surface area contributed by atoms with Crippen LogP contribution in [0.15, 0.2) is 28.9 Å². The predicted octanol–water partition coefficient (Wildman–Crippen LogP) is 3.12. The summed E-state index contributed by atoms with van der Waals surface area (Å²) in [6.45, 7) is 4.49. The van der Waals surface area contributed by atoms with E-state index in [9.17, 15) is 8.78 Å². The predicted molar refractivity (Wildman–Crippen MR) is 63.8 cm³/mol. The van der Waals surface area contributed by atoms with Crippen molar-refractivity contribution in [1.82, 2.24) is 10.3 Å². The zero-order valence-corrected chi connectivity index (χ0v) is 10.2. The summed E-state index contributed by atoms with van der Waals surface area (Å²) in [5.74, 6) is -1.40. The third-order valence-corrected chi connectivity index (χ3v) is 2.42. The lowest BCUT2D eigenvalue weighted by atomic mass is 10.2. The van der Waals surface area contributed by atoms with Crippen LogP contribution in [-0.4, -0.2) is 11.0 Å². The first kappa shape index (κ1) is 12.7. The number of benzene rings is 1. The second-order valence-electron chi connectivity index (χ2n) is 4.28. The first-order valence-corrected chi connectivity index (χ1v) is 5.70. The first-order chi connectivity index (χ1) is 8.58. The van der Waals surface area contributed by atoms with Crippen LogP contribution in [0, 0.1) is 11.6 Å². The molecule has 1 aromatic carbocycles. The monoisotopic (exact) mass is 252 g/mol. The van der Waals surface area contributed by atoms with Gasteiger partial charge < -0.3 is 9.73 Å². The molecule has 1 aromatic heterocycles. The maximum absolute atomic E-state index is 13.5. The fourth-order valence-corrected chi connectivity index (χ4v) is 1.51. The van der Waals surface area contributed by atoms with E-state index < -0.39 is 11.6 Å². The minimum atomic E-state index is -0.680. The molecule has 18 heavy (non-hydrogen) atoms. The number of nitrogens with zero attached hydrogens (tertiary/aromatic N) is 1. The van der Waals surface area contributed by atoms with Crippen molar-refractivity contribution in [3.05, 3.63) is 41.8 Å². The molecular formula is C13H14F2N2O. The topological polar surface area (TPSA) is 38.1 Å². The van der Waals surface area contributed by atoms with Crippen LogP contribution in [0.1, 0.15) is 19.5 Å². The summed E-state index contributed by atoms with van der Waals surface area (Å²) < 4.78 is 32.1. The van der Waals surface area contributed by atoms with Gasteiger partial charge in [-0.25, -0.2) is 13.8 Å². The van der Waals surface area contributed by atoms with E-state index in [1.807, 2.05) is 13.8 Å². The number of oxazole rings is 1. The highest BCUT2D eigenvalue weighted by Crippen LogP contribution is 2.25. The van der Waals surface area contributed by atoms with Crippen LogP contribution in [0.4, 0.5) is 8.78 Å². The summed E-state index contributed by atoms with van der Waals surface area (Å²) in [6, 6.07) is 3.96. The van der Waals surface area contributed by atoms with Gasteiger partial charge >= 0.3 is 0 Å². The molecule has 0 aliphatic carbocycles. The molecule has 3 nitrogen and oxygen atoms in total. The highest BCUT2D eigenvalue weighted by Gasteiger charge is 2.16. The van der Waals surface area contributed by atoms with Gasteiger partial charge in [0.25, 0.3) is 0 Å². The molecule has 2 aromatic rings. The highest BCUT2D eigenvalue weighted by molar-refractivity contribution is 5.55. The normalized spacial score (nSPS) is 11.2. The lowest BCUT2D eigenvalue weighted by molar-refractivity contribution is 0.538. The summed E-state index contributed by atoms with van der Waals surface area (Å²) >= 11 is 0. The second-order valence-corrected chi connectivity index (χ2v) is 4.28.